The van der Waals surface area contributed by atoms with Crippen molar-refractivity contribution in [3.8, 4) is 78.7 Å². The third kappa shape index (κ3) is 6.34. The molecular weight excluding hydrogens is 719 g/mol. The molecule has 11 rings (SSSR count). The van der Waals surface area contributed by atoms with Gasteiger partial charge in [0.1, 0.15) is 11.2 Å². The summed E-state index contributed by atoms with van der Waals surface area (Å²) in [6.45, 7) is 0. The van der Waals surface area contributed by atoms with Crippen molar-refractivity contribution < 1.29 is 4.42 Å². The summed E-state index contributed by atoms with van der Waals surface area (Å²) in [5, 5.41) is 4.26. The summed E-state index contributed by atoms with van der Waals surface area (Å²) < 4.78 is 6.82. The first-order valence-electron chi connectivity index (χ1n) is 19.8. The molecule has 11 aromatic rings. The van der Waals surface area contributed by atoms with Gasteiger partial charge in [0.05, 0.1) is 0 Å². The van der Waals surface area contributed by atoms with Crippen molar-refractivity contribution in [1.82, 2.24) is 15.0 Å². The van der Waals surface area contributed by atoms with E-state index in [-0.39, 0.29) is 0 Å². The molecule has 276 valence electrons. The van der Waals surface area contributed by atoms with Gasteiger partial charge in [0, 0.05) is 33.0 Å². The minimum Gasteiger partial charge on any atom is -0.455 e. The van der Waals surface area contributed by atoms with Gasteiger partial charge in [-0.3, -0.25) is 0 Å². The lowest BCUT2D eigenvalue weighted by Gasteiger charge is -2.13. The van der Waals surface area contributed by atoms with Gasteiger partial charge in [0.2, 0.25) is 0 Å². The zero-order valence-electron chi connectivity index (χ0n) is 32.0. The molecule has 0 saturated heterocycles. The van der Waals surface area contributed by atoms with E-state index in [1.54, 1.807) is 0 Å². The van der Waals surface area contributed by atoms with Gasteiger partial charge in [-0.15, -0.1) is 0 Å². The van der Waals surface area contributed by atoms with Crippen LogP contribution in [0.5, 0.6) is 0 Å². The second kappa shape index (κ2) is 14.5. The first-order chi connectivity index (χ1) is 29.2. The fraction of sp³-hybridized carbons (Fsp3) is 0. The molecule has 4 heteroatoms. The summed E-state index contributed by atoms with van der Waals surface area (Å²) in [5.41, 5.74) is 13.4. The van der Waals surface area contributed by atoms with E-state index < -0.39 is 0 Å². The number of hydrogen-bond donors (Lipinski definition) is 0. The number of para-hydroxylation sites is 1. The maximum atomic E-state index is 6.82. The molecule has 0 bridgehead atoms. The van der Waals surface area contributed by atoms with Crippen LogP contribution in [0.2, 0.25) is 0 Å². The molecule has 0 aliphatic heterocycles. The van der Waals surface area contributed by atoms with Gasteiger partial charge in [-0.05, 0) is 67.9 Å². The predicted molar refractivity (Wildman–Crippen MR) is 243 cm³/mol. The van der Waals surface area contributed by atoms with Crippen LogP contribution in [0.1, 0.15) is 0 Å². The van der Waals surface area contributed by atoms with Crippen molar-refractivity contribution in [2.45, 2.75) is 0 Å². The molecule has 0 radical (unpaired) electrons. The van der Waals surface area contributed by atoms with Crippen LogP contribution < -0.4 is 0 Å². The quantitative estimate of drug-likeness (QED) is 0.163. The van der Waals surface area contributed by atoms with Crippen molar-refractivity contribution in [2.75, 3.05) is 0 Å². The van der Waals surface area contributed by atoms with Crippen LogP contribution in [0, 0.1) is 0 Å². The molecule has 0 unspecified atom stereocenters. The highest BCUT2D eigenvalue weighted by Crippen LogP contribution is 2.42. The van der Waals surface area contributed by atoms with Crippen LogP contribution in [0.25, 0.3) is 111 Å². The maximum Gasteiger partial charge on any atom is 0.164 e. The van der Waals surface area contributed by atoms with Crippen LogP contribution in [-0.2, 0) is 0 Å². The van der Waals surface area contributed by atoms with E-state index >= 15 is 0 Å². The summed E-state index contributed by atoms with van der Waals surface area (Å²) in [7, 11) is 0. The lowest BCUT2D eigenvalue weighted by Crippen LogP contribution is -2.00. The number of fused-ring (bicyclic) bond motifs is 4. The van der Waals surface area contributed by atoms with E-state index in [1.807, 2.05) is 18.2 Å². The second-order valence-corrected chi connectivity index (χ2v) is 14.8. The van der Waals surface area contributed by atoms with E-state index in [0.717, 1.165) is 71.8 Å². The Kier molecular flexibility index (Phi) is 8.45. The second-order valence-electron chi connectivity index (χ2n) is 14.8. The predicted octanol–water partition coefficient (Wildman–Crippen LogP) is 14.6. The molecule has 0 N–H and O–H groups in total. The van der Waals surface area contributed by atoms with E-state index in [1.165, 1.54) is 22.1 Å². The van der Waals surface area contributed by atoms with E-state index in [9.17, 15) is 0 Å². The molecule has 0 aliphatic carbocycles. The van der Waals surface area contributed by atoms with Crippen molar-refractivity contribution >= 4 is 32.7 Å². The number of rotatable bonds is 7. The van der Waals surface area contributed by atoms with Crippen LogP contribution in [0.4, 0.5) is 0 Å². The Morgan fingerprint density at radius 3 is 1.58 bits per heavy atom. The third-order valence-corrected chi connectivity index (χ3v) is 11.2. The van der Waals surface area contributed by atoms with Crippen LogP contribution in [0.3, 0.4) is 0 Å². The first-order valence-corrected chi connectivity index (χ1v) is 19.8. The standard InChI is InChI=1S/C55H35N3O/c1-4-14-36(15-5-1)38-26-29-41(30-27-38)53-56-54(44-31-28-37-16-10-11-21-42(37)34-44)58-55(57-53)48-24-13-25-50-51(48)47-23-12-22-46(52(47)59-50)43-32-33-45(39-17-6-2-7-18-39)49(35-43)40-19-8-3-9-20-40/h1-35H. The van der Waals surface area contributed by atoms with Crippen LogP contribution in [-0.4, -0.2) is 15.0 Å². The molecule has 0 saturated carbocycles. The van der Waals surface area contributed by atoms with Crippen molar-refractivity contribution in [3.05, 3.63) is 212 Å². The molecule has 59 heavy (non-hydrogen) atoms. The van der Waals surface area contributed by atoms with Gasteiger partial charge in [0.15, 0.2) is 17.5 Å². The smallest absolute Gasteiger partial charge is 0.164 e. The minimum atomic E-state index is 0.586. The molecule has 9 aromatic carbocycles. The lowest BCUT2D eigenvalue weighted by molar-refractivity contribution is 0.670. The summed E-state index contributed by atoms with van der Waals surface area (Å²) in [4.78, 5) is 15.5. The number of aromatic nitrogens is 3. The van der Waals surface area contributed by atoms with Crippen molar-refractivity contribution in [2.24, 2.45) is 0 Å². The van der Waals surface area contributed by atoms with Gasteiger partial charge in [-0.25, -0.2) is 15.0 Å². The van der Waals surface area contributed by atoms with Crippen LogP contribution in [0.15, 0.2) is 217 Å². The molecule has 0 aliphatic rings. The minimum absolute atomic E-state index is 0.586. The average Bonchev–Trinajstić information content (AvgIpc) is 3.71. The Bertz CT molecular complexity index is 3300. The lowest BCUT2D eigenvalue weighted by atomic mass is 9.90. The molecule has 4 nitrogen and oxygen atoms in total. The summed E-state index contributed by atoms with van der Waals surface area (Å²) in [5.74, 6) is 1.80. The Morgan fingerprint density at radius 2 is 0.831 bits per heavy atom. The number of nitrogens with zero attached hydrogens (tertiary/aromatic N) is 3. The molecule has 2 aromatic heterocycles. The summed E-state index contributed by atoms with van der Waals surface area (Å²) in [6, 6.07) is 74.0. The Balaban J connectivity index is 1.08. The molecule has 0 fully saturated rings. The van der Waals surface area contributed by atoms with Gasteiger partial charge in [-0.1, -0.05) is 194 Å². The van der Waals surface area contributed by atoms with E-state index in [0.29, 0.717) is 17.5 Å². The molecule has 0 amide bonds. The highest BCUT2D eigenvalue weighted by Gasteiger charge is 2.20. The summed E-state index contributed by atoms with van der Waals surface area (Å²) in [6.07, 6.45) is 0. The van der Waals surface area contributed by atoms with Crippen molar-refractivity contribution in [3.63, 3.8) is 0 Å². The van der Waals surface area contributed by atoms with E-state index in [2.05, 4.69) is 194 Å². The van der Waals surface area contributed by atoms with Gasteiger partial charge in [0.25, 0.3) is 0 Å². The average molecular weight is 754 g/mol. The number of furan rings is 1. The Morgan fingerprint density at radius 1 is 0.288 bits per heavy atom. The third-order valence-electron chi connectivity index (χ3n) is 11.2. The molecular formula is C55H35N3O. The van der Waals surface area contributed by atoms with Gasteiger partial charge >= 0.3 is 0 Å². The zero-order chi connectivity index (χ0) is 39.1. The van der Waals surface area contributed by atoms with E-state index in [4.69, 9.17) is 19.4 Å². The monoisotopic (exact) mass is 753 g/mol. The fourth-order valence-corrected chi connectivity index (χ4v) is 8.22. The summed E-state index contributed by atoms with van der Waals surface area (Å²) >= 11 is 0. The largest absolute Gasteiger partial charge is 0.455 e. The van der Waals surface area contributed by atoms with Crippen molar-refractivity contribution in [1.29, 1.82) is 0 Å². The SMILES string of the molecule is c1ccc(-c2ccc(-c3nc(-c4ccc5ccccc5c4)nc(-c4cccc5oc6c(-c7ccc(-c8ccccc8)c(-c8ccccc8)c7)cccc6c45)n3)cc2)cc1. The fourth-order valence-electron chi connectivity index (χ4n) is 8.22. The zero-order valence-corrected chi connectivity index (χ0v) is 32.0. The highest BCUT2D eigenvalue weighted by atomic mass is 16.3. The molecule has 2 heterocycles. The topological polar surface area (TPSA) is 51.8 Å². The first kappa shape index (κ1) is 34.3. The molecule has 0 atom stereocenters. The number of benzene rings is 9. The Hall–Kier alpha value is -7.95. The highest BCUT2D eigenvalue weighted by molar-refractivity contribution is 6.15. The van der Waals surface area contributed by atoms with Gasteiger partial charge in [-0.2, -0.15) is 0 Å². The normalized spacial score (nSPS) is 11.4. The Labute approximate surface area is 341 Å². The van der Waals surface area contributed by atoms with Crippen LogP contribution >= 0.6 is 0 Å². The maximum absolute atomic E-state index is 6.82. The number of hydrogen-bond acceptors (Lipinski definition) is 4. The van der Waals surface area contributed by atoms with Gasteiger partial charge < -0.3 is 4.42 Å². The molecule has 0 spiro atoms.